The van der Waals surface area contributed by atoms with Crippen LogP contribution in [0.25, 0.3) is 0 Å². The van der Waals surface area contributed by atoms with Gasteiger partial charge in [0.15, 0.2) is 0 Å². The van der Waals surface area contributed by atoms with Crippen LogP contribution >= 0.6 is 34.8 Å². The fourth-order valence-electron chi connectivity index (χ4n) is 1.47. The Hall–Kier alpha value is -1.14. The minimum Gasteiger partial charge on any atom is -0.506 e. The summed E-state index contributed by atoms with van der Waals surface area (Å²) in [5, 5.41) is 9.98. The molecule has 8 heteroatoms. The Balaban J connectivity index is 2.37. The topological polar surface area (TPSA) is 66.4 Å². The average molecular weight is 353 g/mol. The van der Waals surface area contributed by atoms with Gasteiger partial charge in [0.25, 0.3) is 10.0 Å². The van der Waals surface area contributed by atoms with Crippen LogP contribution in [-0.4, -0.2) is 13.5 Å². The lowest BCUT2D eigenvalue weighted by Gasteiger charge is -2.09. The number of hydrogen-bond donors (Lipinski definition) is 2. The van der Waals surface area contributed by atoms with E-state index in [-0.39, 0.29) is 31.4 Å². The zero-order valence-corrected chi connectivity index (χ0v) is 12.9. The van der Waals surface area contributed by atoms with Gasteiger partial charge in [-0.25, -0.2) is 8.42 Å². The van der Waals surface area contributed by atoms with Crippen molar-refractivity contribution in [1.29, 1.82) is 0 Å². The minimum atomic E-state index is -3.86. The standard InChI is InChI=1S/C12H8Cl3NO3S/c13-7-3-8(14)5-10(4-7)20(18,19)16-9-1-2-11(15)12(17)6-9/h1-6,16-17H. The van der Waals surface area contributed by atoms with E-state index in [2.05, 4.69) is 4.72 Å². The Morgan fingerprint density at radius 2 is 1.55 bits per heavy atom. The molecule has 0 heterocycles. The first-order chi connectivity index (χ1) is 9.28. The normalized spacial score (nSPS) is 11.3. The SMILES string of the molecule is O=S(=O)(Nc1ccc(Cl)c(O)c1)c1cc(Cl)cc(Cl)c1. The van der Waals surface area contributed by atoms with Gasteiger partial charge in [0.05, 0.1) is 15.6 Å². The molecule has 0 saturated carbocycles. The predicted octanol–water partition coefficient (Wildman–Crippen LogP) is 4.15. The molecule has 0 atom stereocenters. The van der Waals surface area contributed by atoms with E-state index in [0.29, 0.717) is 0 Å². The Morgan fingerprint density at radius 3 is 2.10 bits per heavy atom. The maximum Gasteiger partial charge on any atom is 0.261 e. The number of phenolic OH excluding ortho intramolecular Hbond substituents is 1. The molecule has 0 bridgehead atoms. The van der Waals surface area contributed by atoms with Crippen LogP contribution in [0.1, 0.15) is 0 Å². The summed E-state index contributed by atoms with van der Waals surface area (Å²) in [6, 6.07) is 7.96. The largest absolute Gasteiger partial charge is 0.506 e. The molecule has 0 aromatic heterocycles. The molecule has 0 saturated heterocycles. The van der Waals surface area contributed by atoms with E-state index >= 15 is 0 Å². The highest BCUT2D eigenvalue weighted by Crippen LogP contribution is 2.28. The summed E-state index contributed by atoms with van der Waals surface area (Å²) >= 11 is 17.2. The smallest absolute Gasteiger partial charge is 0.261 e. The Morgan fingerprint density at radius 1 is 0.950 bits per heavy atom. The summed E-state index contributed by atoms with van der Waals surface area (Å²) in [5.41, 5.74) is 0.169. The lowest BCUT2D eigenvalue weighted by atomic mass is 10.3. The molecule has 0 aliphatic rings. The van der Waals surface area contributed by atoms with Gasteiger partial charge in [0.1, 0.15) is 5.75 Å². The maximum absolute atomic E-state index is 12.2. The number of benzene rings is 2. The van der Waals surface area contributed by atoms with Gasteiger partial charge in [0, 0.05) is 16.1 Å². The van der Waals surface area contributed by atoms with Crippen molar-refractivity contribution in [3.05, 3.63) is 51.5 Å². The van der Waals surface area contributed by atoms with Crippen LogP contribution in [0.15, 0.2) is 41.3 Å². The van der Waals surface area contributed by atoms with E-state index in [1.54, 1.807) is 0 Å². The van der Waals surface area contributed by atoms with Crippen molar-refractivity contribution in [3.8, 4) is 5.75 Å². The van der Waals surface area contributed by atoms with Crippen molar-refractivity contribution < 1.29 is 13.5 Å². The summed E-state index contributed by atoms with van der Waals surface area (Å²) in [4.78, 5) is -0.0792. The molecule has 2 aromatic carbocycles. The number of anilines is 1. The molecule has 0 unspecified atom stereocenters. The number of phenols is 1. The van der Waals surface area contributed by atoms with Crippen molar-refractivity contribution in [2.75, 3.05) is 4.72 Å². The van der Waals surface area contributed by atoms with Crippen molar-refractivity contribution in [2.45, 2.75) is 4.90 Å². The van der Waals surface area contributed by atoms with E-state index in [0.717, 1.165) is 0 Å². The second-order valence-electron chi connectivity index (χ2n) is 3.88. The molecule has 2 rings (SSSR count). The summed E-state index contributed by atoms with van der Waals surface area (Å²) in [5.74, 6) is -0.226. The van der Waals surface area contributed by atoms with Gasteiger partial charge < -0.3 is 5.11 Å². The van der Waals surface area contributed by atoms with Crippen LogP contribution in [0.5, 0.6) is 5.75 Å². The first kappa shape index (κ1) is 15.3. The molecule has 2 N–H and O–H groups in total. The van der Waals surface area contributed by atoms with Gasteiger partial charge >= 0.3 is 0 Å². The molecule has 20 heavy (non-hydrogen) atoms. The number of nitrogens with one attached hydrogen (secondary N) is 1. The number of halogens is 3. The van der Waals surface area contributed by atoms with E-state index in [9.17, 15) is 13.5 Å². The maximum atomic E-state index is 12.2. The van der Waals surface area contributed by atoms with Crippen molar-refractivity contribution in [2.24, 2.45) is 0 Å². The van der Waals surface area contributed by atoms with Crippen LogP contribution in [0.3, 0.4) is 0 Å². The van der Waals surface area contributed by atoms with Gasteiger partial charge in [-0.2, -0.15) is 0 Å². The van der Waals surface area contributed by atoms with Crippen LogP contribution in [-0.2, 0) is 10.0 Å². The highest BCUT2D eigenvalue weighted by Gasteiger charge is 2.16. The number of rotatable bonds is 3. The summed E-state index contributed by atoms with van der Waals surface area (Å²) < 4.78 is 26.6. The van der Waals surface area contributed by atoms with Crippen molar-refractivity contribution in [3.63, 3.8) is 0 Å². The molecule has 0 amide bonds. The second-order valence-corrected chi connectivity index (χ2v) is 6.84. The molecule has 106 valence electrons. The van der Waals surface area contributed by atoms with E-state index in [1.807, 2.05) is 0 Å². The van der Waals surface area contributed by atoms with Gasteiger partial charge in [-0.1, -0.05) is 34.8 Å². The average Bonchev–Trinajstić information content (AvgIpc) is 2.32. The van der Waals surface area contributed by atoms with Gasteiger partial charge in [0.2, 0.25) is 0 Å². The van der Waals surface area contributed by atoms with Crippen LogP contribution in [0, 0.1) is 0 Å². The number of aromatic hydroxyl groups is 1. The fraction of sp³-hybridized carbons (Fsp3) is 0. The predicted molar refractivity (Wildman–Crippen MR) is 80.4 cm³/mol. The minimum absolute atomic E-state index is 0.0792. The first-order valence-corrected chi connectivity index (χ1v) is 7.87. The third kappa shape index (κ3) is 3.49. The van der Waals surface area contributed by atoms with E-state index in [1.165, 1.54) is 36.4 Å². The lowest BCUT2D eigenvalue weighted by Crippen LogP contribution is -2.12. The van der Waals surface area contributed by atoms with E-state index in [4.69, 9.17) is 34.8 Å². The fourth-order valence-corrected chi connectivity index (χ4v) is 3.37. The van der Waals surface area contributed by atoms with Crippen LogP contribution in [0.2, 0.25) is 15.1 Å². The Kier molecular flexibility index (Phi) is 4.34. The molecular formula is C12H8Cl3NO3S. The number of sulfonamides is 1. The van der Waals surface area contributed by atoms with Crippen molar-refractivity contribution in [1.82, 2.24) is 0 Å². The highest BCUT2D eigenvalue weighted by atomic mass is 35.5. The van der Waals surface area contributed by atoms with E-state index < -0.39 is 10.0 Å². The lowest BCUT2D eigenvalue weighted by molar-refractivity contribution is 0.476. The molecule has 0 fully saturated rings. The zero-order valence-electron chi connectivity index (χ0n) is 9.77. The van der Waals surface area contributed by atoms with Gasteiger partial charge in [-0.15, -0.1) is 0 Å². The molecule has 0 aliphatic carbocycles. The Labute approximate surface area is 131 Å². The quantitative estimate of drug-likeness (QED) is 0.872. The summed E-state index contributed by atoms with van der Waals surface area (Å²) in [6.07, 6.45) is 0. The summed E-state index contributed by atoms with van der Waals surface area (Å²) in [7, 11) is -3.86. The van der Waals surface area contributed by atoms with Crippen molar-refractivity contribution >= 4 is 50.5 Å². The third-order valence-corrected chi connectivity index (χ3v) is 4.46. The Bertz CT molecular complexity index is 742. The second kappa shape index (κ2) is 5.69. The molecule has 2 aromatic rings. The molecule has 0 radical (unpaired) electrons. The van der Waals surface area contributed by atoms with Crippen LogP contribution < -0.4 is 4.72 Å². The molecular weight excluding hydrogens is 345 g/mol. The van der Waals surface area contributed by atoms with Gasteiger partial charge in [-0.05, 0) is 30.3 Å². The monoisotopic (exact) mass is 351 g/mol. The zero-order chi connectivity index (χ0) is 14.9. The molecule has 0 spiro atoms. The molecule has 4 nitrogen and oxygen atoms in total. The van der Waals surface area contributed by atoms with Gasteiger partial charge in [-0.3, -0.25) is 4.72 Å². The first-order valence-electron chi connectivity index (χ1n) is 5.25. The van der Waals surface area contributed by atoms with Crippen LogP contribution in [0.4, 0.5) is 5.69 Å². The molecule has 0 aliphatic heterocycles. The number of hydrogen-bond acceptors (Lipinski definition) is 3. The highest BCUT2D eigenvalue weighted by molar-refractivity contribution is 7.92. The third-order valence-electron chi connectivity index (χ3n) is 2.34. The summed E-state index contributed by atoms with van der Waals surface area (Å²) in [6.45, 7) is 0.